The van der Waals surface area contributed by atoms with Crippen molar-refractivity contribution in [2.45, 2.75) is 25.7 Å². The summed E-state index contributed by atoms with van der Waals surface area (Å²) in [6, 6.07) is 4.78. The van der Waals surface area contributed by atoms with Gasteiger partial charge in [-0.2, -0.15) is 0 Å². The number of benzene rings is 1. The van der Waals surface area contributed by atoms with Crippen molar-refractivity contribution in [3.8, 4) is 0 Å². The van der Waals surface area contributed by atoms with Gasteiger partial charge in [0.2, 0.25) is 0 Å². The summed E-state index contributed by atoms with van der Waals surface area (Å²) in [7, 11) is -3.79. The molecule has 0 saturated carbocycles. The van der Waals surface area contributed by atoms with Gasteiger partial charge >= 0.3 is 0 Å². The molecule has 112 valence electrons. The summed E-state index contributed by atoms with van der Waals surface area (Å²) in [5.41, 5.74) is 8.32. The van der Waals surface area contributed by atoms with Crippen LogP contribution >= 0.6 is 11.6 Å². The molecule has 0 amide bonds. The highest BCUT2D eigenvalue weighted by atomic mass is 35.5. The van der Waals surface area contributed by atoms with Crippen LogP contribution in [0.4, 0.5) is 11.5 Å². The molecule has 0 fully saturated rings. The molecule has 0 aliphatic heterocycles. The molecule has 1 aromatic heterocycles. The van der Waals surface area contributed by atoms with Crippen LogP contribution in [0.1, 0.15) is 16.7 Å². The van der Waals surface area contributed by atoms with Crippen LogP contribution in [0.3, 0.4) is 0 Å². The van der Waals surface area contributed by atoms with Gasteiger partial charge in [0.15, 0.2) is 0 Å². The molecule has 0 aliphatic carbocycles. The summed E-state index contributed by atoms with van der Waals surface area (Å²) < 4.78 is 27.7. The van der Waals surface area contributed by atoms with E-state index in [1.54, 1.807) is 26.0 Å². The highest BCUT2D eigenvalue weighted by Crippen LogP contribution is 2.29. The monoisotopic (exact) mass is 325 g/mol. The van der Waals surface area contributed by atoms with Gasteiger partial charge in [-0.1, -0.05) is 11.6 Å². The van der Waals surface area contributed by atoms with Gasteiger partial charge in [0.1, 0.15) is 5.82 Å². The number of nitrogens with two attached hydrogens (primary N) is 1. The molecule has 2 aromatic rings. The Hall–Kier alpha value is -1.79. The number of nitrogens with zero attached hydrogens (tertiary/aromatic N) is 1. The average molecular weight is 326 g/mol. The molecule has 0 radical (unpaired) electrons. The lowest BCUT2D eigenvalue weighted by atomic mass is 10.1. The van der Waals surface area contributed by atoms with Gasteiger partial charge < -0.3 is 5.73 Å². The van der Waals surface area contributed by atoms with E-state index in [9.17, 15) is 8.42 Å². The molecular weight excluding hydrogens is 310 g/mol. The number of aromatic nitrogens is 1. The maximum Gasteiger partial charge on any atom is 0.263 e. The van der Waals surface area contributed by atoms with Crippen LogP contribution in [0.2, 0.25) is 5.02 Å². The molecule has 0 unspecified atom stereocenters. The number of halogens is 1. The van der Waals surface area contributed by atoms with Crippen molar-refractivity contribution in [1.29, 1.82) is 0 Å². The Morgan fingerprint density at radius 2 is 1.86 bits per heavy atom. The third-order valence-electron chi connectivity index (χ3n) is 3.31. The number of hydrogen-bond donors (Lipinski definition) is 2. The molecule has 1 aromatic carbocycles. The molecular formula is C14H16ClN3O2S. The number of rotatable bonds is 3. The molecule has 0 saturated heterocycles. The van der Waals surface area contributed by atoms with E-state index in [2.05, 4.69) is 9.71 Å². The molecule has 0 bridgehead atoms. The molecule has 5 nitrogen and oxygen atoms in total. The minimum atomic E-state index is -3.79. The van der Waals surface area contributed by atoms with Crippen LogP contribution in [-0.4, -0.2) is 13.4 Å². The minimum Gasteiger partial charge on any atom is -0.398 e. The van der Waals surface area contributed by atoms with Crippen molar-refractivity contribution in [2.75, 3.05) is 10.5 Å². The fourth-order valence-electron chi connectivity index (χ4n) is 2.09. The van der Waals surface area contributed by atoms with E-state index in [4.69, 9.17) is 17.3 Å². The highest BCUT2D eigenvalue weighted by Gasteiger charge is 2.23. The van der Waals surface area contributed by atoms with Crippen LogP contribution in [0.25, 0.3) is 0 Å². The van der Waals surface area contributed by atoms with Crippen LogP contribution in [0.15, 0.2) is 29.3 Å². The van der Waals surface area contributed by atoms with Gasteiger partial charge in [0.05, 0.1) is 4.90 Å². The van der Waals surface area contributed by atoms with E-state index in [0.717, 1.165) is 5.56 Å². The summed E-state index contributed by atoms with van der Waals surface area (Å²) in [5, 5.41) is 0.403. The van der Waals surface area contributed by atoms with Crippen molar-refractivity contribution >= 4 is 33.1 Å². The number of pyridine rings is 1. The third kappa shape index (κ3) is 3.11. The van der Waals surface area contributed by atoms with E-state index in [-0.39, 0.29) is 10.7 Å². The Morgan fingerprint density at radius 3 is 2.48 bits per heavy atom. The quantitative estimate of drug-likeness (QED) is 0.849. The van der Waals surface area contributed by atoms with Gasteiger partial charge in [-0.05, 0) is 49.6 Å². The zero-order valence-electron chi connectivity index (χ0n) is 11.9. The predicted octanol–water partition coefficient (Wildman–Crippen LogP) is 3.04. The number of nitrogens with one attached hydrogen (secondary N) is 1. The fraction of sp³-hybridized carbons (Fsp3) is 0.214. The number of aryl methyl sites for hydroxylation is 1. The SMILES string of the molecule is Cc1cc(N)c(C)c(S(=O)(=O)Nc2cc(Cl)ccn2)c1C. The van der Waals surface area contributed by atoms with Gasteiger partial charge in [0.25, 0.3) is 10.0 Å². The van der Waals surface area contributed by atoms with Crippen LogP contribution in [0.5, 0.6) is 0 Å². The Kier molecular flexibility index (Phi) is 4.11. The molecule has 3 N–H and O–H groups in total. The first kappa shape index (κ1) is 15.6. The lowest BCUT2D eigenvalue weighted by molar-refractivity contribution is 0.599. The van der Waals surface area contributed by atoms with E-state index in [1.165, 1.54) is 12.3 Å². The van der Waals surface area contributed by atoms with E-state index in [0.29, 0.717) is 21.8 Å². The molecule has 21 heavy (non-hydrogen) atoms. The maximum absolute atomic E-state index is 12.6. The van der Waals surface area contributed by atoms with Crippen molar-refractivity contribution in [2.24, 2.45) is 0 Å². The maximum atomic E-state index is 12.6. The molecule has 1 heterocycles. The summed E-state index contributed by atoms with van der Waals surface area (Å²) in [6.45, 7) is 5.26. The summed E-state index contributed by atoms with van der Waals surface area (Å²) in [6.07, 6.45) is 1.44. The number of anilines is 2. The van der Waals surface area contributed by atoms with E-state index >= 15 is 0 Å². The normalized spacial score (nSPS) is 11.4. The first-order chi connectivity index (χ1) is 9.72. The van der Waals surface area contributed by atoms with Crippen molar-refractivity contribution in [3.63, 3.8) is 0 Å². The lowest BCUT2D eigenvalue weighted by Crippen LogP contribution is -2.17. The van der Waals surface area contributed by atoms with Crippen molar-refractivity contribution < 1.29 is 8.42 Å². The summed E-state index contributed by atoms with van der Waals surface area (Å²) in [4.78, 5) is 4.13. The minimum absolute atomic E-state index is 0.168. The second-order valence-corrected chi connectivity index (χ2v) is 6.88. The van der Waals surface area contributed by atoms with E-state index < -0.39 is 10.0 Å². The Balaban J connectivity index is 2.55. The standard InChI is InChI=1S/C14H16ClN3O2S/c1-8-6-12(16)10(3)14(9(8)2)21(19,20)18-13-7-11(15)4-5-17-13/h4-7H,16H2,1-3H3,(H,17,18). The Bertz CT molecular complexity index is 778. The van der Waals surface area contributed by atoms with E-state index in [1.807, 2.05) is 6.92 Å². The van der Waals surface area contributed by atoms with Gasteiger partial charge in [0, 0.05) is 23.0 Å². The van der Waals surface area contributed by atoms with Crippen LogP contribution in [0, 0.1) is 20.8 Å². The largest absolute Gasteiger partial charge is 0.398 e. The topological polar surface area (TPSA) is 85.1 Å². The van der Waals surface area contributed by atoms with Gasteiger partial charge in [-0.3, -0.25) is 4.72 Å². The number of sulfonamides is 1. The molecule has 2 rings (SSSR count). The number of nitrogen functional groups attached to an aromatic ring is 1. The van der Waals surface area contributed by atoms with Crippen molar-refractivity contribution in [3.05, 3.63) is 46.1 Å². The summed E-state index contributed by atoms with van der Waals surface area (Å²) in [5.74, 6) is 0.168. The third-order valence-corrected chi connectivity index (χ3v) is 5.17. The van der Waals surface area contributed by atoms with Gasteiger partial charge in [-0.15, -0.1) is 0 Å². The molecule has 0 spiro atoms. The fourth-order valence-corrected chi connectivity index (χ4v) is 3.83. The molecule has 0 aliphatic rings. The second-order valence-electron chi connectivity index (χ2n) is 4.83. The lowest BCUT2D eigenvalue weighted by Gasteiger charge is -2.16. The van der Waals surface area contributed by atoms with Crippen molar-refractivity contribution in [1.82, 2.24) is 4.98 Å². The van der Waals surface area contributed by atoms with Crippen LogP contribution < -0.4 is 10.5 Å². The zero-order chi connectivity index (χ0) is 15.8. The number of hydrogen-bond acceptors (Lipinski definition) is 4. The molecule has 7 heteroatoms. The Labute approximate surface area is 129 Å². The first-order valence-electron chi connectivity index (χ1n) is 6.23. The highest BCUT2D eigenvalue weighted by molar-refractivity contribution is 7.92. The summed E-state index contributed by atoms with van der Waals surface area (Å²) >= 11 is 5.84. The Morgan fingerprint density at radius 1 is 1.19 bits per heavy atom. The first-order valence-corrected chi connectivity index (χ1v) is 8.09. The average Bonchev–Trinajstić information content (AvgIpc) is 2.35. The second kappa shape index (κ2) is 5.54. The van der Waals surface area contributed by atoms with Crippen LogP contribution in [-0.2, 0) is 10.0 Å². The van der Waals surface area contributed by atoms with Gasteiger partial charge in [-0.25, -0.2) is 13.4 Å². The smallest absolute Gasteiger partial charge is 0.263 e. The zero-order valence-corrected chi connectivity index (χ0v) is 13.5. The molecule has 0 atom stereocenters. The predicted molar refractivity (Wildman–Crippen MR) is 85.1 cm³/mol.